The zero-order valence-corrected chi connectivity index (χ0v) is 14.3. The maximum atomic E-state index is 12.0. The van der Waals surface area contributed by atoms with Crippen LogP contribution in [0.2, 0.25) is 0 Å². The van der Waals surface area contributed by atoms with Crippen molar-refractivity contribution in [2.45, 2.75) is 63.6 Å². The van der Waals surface area contributed by atoms with Crippen LogP contribution < -0.4 is 10.0 Å². The highest BCUT2D eigenvalue weighted by Crippen LogP contribution is 2.21. The predicted octanol–water partition coefficient (Wildman–Crippen LogP) is 2.98. The molecule has 0 heterocycles. The second-order valence-electron chi connectivity index (χ2n) is 5.57. The van der Waals surface area contributed by atoms with Crippen LogP contribution in [-0.4, -0.2) is 39.5 Å². The summed E-state index contributed by atoms with van der Waals surface area (Å²) in [6.45, 7) is 0.744. The van der Waals surface area contributed by atoms with Gasteiger partial charge in [-0.1, -0.05) is 25.7 Å². The second-order valence-corrected chi connectivity index (χ2v) is 7.50. The number of hydrogen-bond donors (Lipinski definition) is 2. The van der Waals surface area contributed by atoms with Gasteiger partial charge in [0.15, 0.2) is 0 Å². The quantitative estimate of drug-likeness (QED) is 0.513. The van der Waals surface area contributed by atoms with Crippen molar-refractivity contribution in [3.63, 3.8) is 0 Å². The van der Waals surface area contributed by atoms with Crippen molar-refractivity contribution >= 4 is 22.4 Å². The SMILES string of the molecule is Cl.O=S(=O)(CCCC(F)(F)F)NCCNC1CCCCCC1. The maximum Gasteiger partial charge on any atom is 0.389 e. The van der Waals surface area contributed by atoms with Crippen LogP contribution in [0.15, 0.2) is 0 Å². The minimum Gasteiger partial charge on any atom is -0.313 e. The maximum absolute atomic E-state index is 12.0. The Morgan fingerprint density at radius 3 is 2.14 bits per heavy atom. The summed E-state index contributed by atoms with van der Waals surface area (Å²) in [6, 6.07) is 0.433. The number of sulfonamides is 1. The topological polar surface area (TPSA) is 58.2 Å². The zero-order valence-electron chi connectivity index (χ0n) is 12.6. The number of hydrogen-bond acceptors (Lipinski definition) is 3. The highest BCUT2D eigenvalue weighted by molar-refractivity contribution is 7.89. The first-order valence-electron chi connectivity index (χ1n) is 7.56. The Morgan fingerprint density at radius 2 is 1.59 bits per heavy atom. The van der Waals surface area contributed by atoms with Gasteiger partial charge in [0.05, 0.1) is 5.75 Å². The molecule has 0 aromatic carbocycles. The molecule has 0 aliphatic heterocycles. The Kier molecular flexibility index (Phi) is 10.6. The summed E-state index contributed by atoms with van der Waals surface area (Å²) < 4.78 is 61.2. The van der Waals surface area contributed by atoms with Crippen molar-refractivity contribution in [2.24, 2.45) is 0 Å². The molecule has 4 nitrogen and oxygen atoms in total. The van der Waals surface area contributed by atoms with E-state index in [1.807, 2.05) is 0 Å². The van der Waals surface area contributed by atoms with E-state index < -0.39 is 34.8 Å². The fraction of sp³-hybridized carbons (Fsp3) is 1.00. The molecule has 1 fully saturated rings. The molecular formula is C13H26ClF3N2O2S. The summed E-state index contributed by atoms with van der Waals surface area (Å²) in [4.78, 5) is 0. The summed E-state index contributed by atoms with van der Waals surface area (Å²) in [6.07, 6.45) is 1.37. The van der Waals surface area contributed by atoms with Crippen LogP contribution in [-0.2, 0) is 10.0 Å². The van der Waals surface area contributed by atoms with Crippen LogP contribution >= 0.6 is 12.4 Å². The van der Waals surface area contributed by atoms with E-state index in [-0.39, 0.29) is 19.0 Å². The van der Waals surface area contributed by atoms with Crippen LogP contribution in [0.4, 0.5) is 13.2 Å². The van der Waals surface area contributed by atoms with E-state index in [0.717, 1.165) is 12.8 Å². The van der Waals surface area contributed by atoms with Gasteiger partial charge in [-0.15, -0.1) is 12.4 Å². The van der Waals surface area contributed by atoms with Gasteiger partial charge in [0.2, 0.25) is 10.0 Å². The number of halogens is 4. The van der Waals surface area contributed by atoms with Crippen molar-refractivity contribution in [3.8, 4) is 0 Å². The summed E-state index contributed by atoms with van der Waals surface area (Å²) in [5, 5.41) is 3.31. The lowest BCUT2D eigenvalue weighted by atomic mass is 10.1. The van der Waals surface area contributed by atoms with Crippen molar-refractivity contribution in [3.05, 3.63) is 0 Å². The molecule has 22 heavy (non-hydrogen) atoms. The number of rotatable bonds is 8. The Labute approximate surface area is 137 Å². The molecule has 0 bridgehead atoms. The standard InChI is InChI=1S/C13H25F3N2O2S.ClH/c14-13(15,16)8-5-11-21(19,20)18-10-9-17-12-6-3-1-2-4-7-12;/h12,17-18H,1-11H2;1H. The third-order valence-electron chi connectivity index (χ3n) is 3.61. The van der Waals surface area contributed by atoms with Gasteiger partial charge in [0.1, 0.15) is 0 Å². The smallest absolute Gasteiger partial charge is 0.313 e. The summed E-state index contributed by atoms with van der Waals surface area (Å²) in [7, 11) is -3.60. The molecule has 0 amide bonds. The second kappa shape index (κ2) is 10.7. The number of nitrogens with one attached hydrogen (secondary N) is 2. The van der Waals surface area contributed by atoms with E-state index in [1.54, 1.807) is 0 Å². The van der Waals surface area contributed by atoms with Crippen molar-refractivity contribution in [1.29, 1.82) is 0 Å². The fourth-order valence-electron chi connectivity index (χ4n) is 2.50. The van der Waals surface area contributed by atoms with Crippen molar-refractivity contribution < 1.29 is 21.6 Å². The third kappa shape index (κ3) is 11.5. The minimum atomic E-state index is -4.30. The van der Waals surface area contributed by atoms with Crippen molar-refractivity contribution in [2.75, 3.05) is 18.8 Å². The van der Waals surface area contributed by atoms with Gasteiger partial charge in [-0.05, 0) is 19.3 Å². The molecule has 1 aliphatic carbocycles. The lowest BCUT2D eigenvalue weighted by Crippen LogP contribution is -2.37. The molecular weight excluding hydrogens is 341 g/mol. The van der Waals surface area contributed by atoms with Crippen LogP contribution in [0.3, 0.4) is 0 Å². The normalized spacial score (nSPS) is 17.8. The van der Waals surface area contributed by atoms with Crippen LogP contribution in [0.5, 0.6) is 0 Å². The first-order chi connectivity index (χ1) is 9.79. The van der Waals surface area contributed by atoms with Gasteiger partial charge < -0.3 is 5.32 Å². The number of alkyl halides is 3. The van der Waals surface area contributed by atoms with Gasteiger partial charge in [0.25, 0.3) is 0 Å². The third-order valence-corrected chi connectivity index (χ3v) is 5.08. The fourth-order valence-corrected chi connectivity index (χ4v) is 3.58. The summed E-state index contributed by atoms with van der Waals surface area (Å²) >= 11 is 0. The lowest BCUT2D eigenvalue weighted by Gasteiger charge is -2.16. The first kappa shape index (κ1) is 21.9. The van der Waals surface area contributed by atoms with Gasteiger partial charge in [0, 0.05) is 25.6 Å². The van der Waals surface area contributed by atoms with Crippen LogP contribution in [0.25, 0.3) is 0 Å². The predicted molar refractivity (Wildman–Crippen MR) is 83.8 cm³/mol. The molecule has 9 heteroatoms. The molecule has 1 saturated carbocycles. The molecule has 0 aromatic rings. The van der Waals surface area contributed by atoms with Gasteiger partial charge in [-0.25, -0.2) is 13.1 Å². The zero-order chi connectivity index (χ0) is 15.8. The Bertz CT molecular complexity index is 383. The molecule has 134 valence electrons. The molecule has 1 aliphatic rings. The Hall–Kier alpha value is -0.0500. The van der Waals surface area contributed by atoms with E-state index in [1.165, 1.54) is 25.7 Å². The van der Waals surface area contributed by atoms with E-state index in [0.29, 0.717) is 12.6 Å². The van der Waals surface area contributed by atoms with E-state index in [9.17, 15) is 21.6 Å². The molecule has 2 N–H and O–H groups in total. The summed E-state index contributed by atoms with van der Waals surface area (Å²) in [5.74, 6) is -0.476. The van der Waals surface area contributed by atoms with Crippen LogP contribution in [0, 0.1) is 0 Å². The molecule has 0 aromatic heterocycles. The van der Waals surface area contributed by atoms with E-state index in [2.05, 4.69) is 10.0 Å². The average molecular weight is 367 g/mol. The Balaban J connectivity index is 0.00000441. The van der Waals surface area contributed by atoms with Crippen molar-refractivity contribution in [1.82, 2.24) is 10.0 Å². The first-order valence-corrected chi connectivity index (χ1v) is 9.21. The molecule has 0 spiro atoms. The average Bonchev–Trinajstić information content (AvgIpc) is 2.61. The monoisotopic (exact) mass is 366 g/mol. The van der Waals surface area contributed by atoms with Gasteiger partial charge in [-0.3, -0.25) is 0 Å². The highest BCUT2D eigenvalue weighted by atomic mass is 35.5. The molecule has 0 saturated heterocycles. The molecule has 0 radical (unpaired) electrons. The van der Waals surface area contributed by atoms with Crippen LogP contribution in [0.1, 0.15) is 51.4 Å². The Morgan fingerprint density at radius 1 is 1.00 bits per heavy atom. The van der Waals surface area contributed by atoms with Gasteiger partial charge >= 0.3 is 6.18 Å². The highest BCUT2D eigenvalue weighted by Gasteiger charge is 2.27. The summed E-state index contributed by atoms with van der Waals surface area (Å²) in [5.41, 5.74) is 0. The molecule has 0 atom stereocenters. The van der Waals surface area contributed by atoms with E-state index in [4.69, 9.17) is 0 Å². The molecule has 1 rings (SSSR count). The van der Waals surface area contributed by atoms with Gasteiger partial charge in [-0.2, -0.15) is 13.2 Å². The van der Waals surface area contributed by atoms with E-state index >= 15 is 0 Å². The molecule has 0 unspecified atom stereocenters. The largest absolute Gasteiger partial charge is 0.389 e. The lowest BCUT2D eigenvalue weighted by molar-refractivity contribution is -0.134. The minimum absolute atomic E-state index is 0.